The van der Waals surface area contributed by atoms with E-state index in [9.17, 15) is 4.79 Å². The van der Waals surface area contributed by atoms with Crippen LogP contribution in [-0.2, 0) is 0 Å². The van der Waals surface area contributed by atoms with E-state index in [1.165, 1.54) is 0 Å². The number of aromatic nitrogens is 1. The largest absolute Gasteiger partial charge is 0.399 e. The fraction of sp³-hybridized carbons (Fsp3) is 0.231. The van der Waals surface area contributed by atoms with Crippen molar-refractivity contribution in [3.8, 4) is 0 Å². The quantitative estimate of drug-likeness (QED) is 0.743. The Kier molecular flexibility index (Phi) is 4.01. The van der Waals surface area contributed by atoms with E-state index in [4.69, 9.17) is 11.5 Å². The molecule has 1 unspecified atom stereocenters. The highest BCUT2D eigenvalue weighted by Crippen LogP contribution is 2.18. The molecule has 2 aromatic rings. The van der Waals surface area contributed by atoms with Gasteiger partial charge in [0, 0.05) is 35.4 Å². The highest BCUT2D eigenvalue weighted by atomic mass is 32.1. The van der Waals surface area contributed by atoms with Crippen LogP contribution in [0.25, 0.3) is 0 Å². The lowest BCUT2D eigenvalue weighted by Gasteiger charge is -2.11. The van der Waals surface area contributed by atoms with Crippen LogP contribution < -0.4 is 16.8 Å². The predicted octanol–water partition coefficient (Wildman–Crippen LogP) is 1.84. The molecule has 1 atom stereocenters. The van der Waals surface area contributed by atoms with E-state index in [1.54, 1.807) is 35.7 Å². The van der Waals surface area contributed by atoms with Gasteiger partial charge in [-0.15, -0.1) is 11.3 Å². The van der Waals surface area contributed by atoms with Crippen molar-refractivity contribution in [3.63, 3.8) is 0 Å². The van der Waals surface area contributed by atoms with Gasteiger partial charge in [0.25, 0.3) is 5.91 Å². The summed E-state index contributed by atoms with van der Waals surface area (Å²) in [5.41, 5.74) is 12.7. The maximum absolute atomic E-state index is 12.0. The maximum atomic E-state index is 12.0. The SMILES string of the molecule is CC(CNC(=O)c1ccc(N)cc1N)c1nccs1. The normalized spacial score (nSPS) is 12.1. The molecule has 6 heteroatoms. The van der Waals surface area contributed by atoms with E-state index in [0.29, 0.717) is 23.5 Å². The molecule has 1 amide bonds. The minimum absolute atomic E-state index is 0.180. The van der Waals surface area contributed by atoms with Crippen molar-refractivity contribution >= 4 is 28.6 Å². The van der Waals surface area contributed by atoms with Crippen LogP contribution in [0.15, 0.2) is 29.8 Å². The molecule has 2 rings (SSSR count). The highest BCUT2D eigenvalue weighted by molar-refractivity contribution is 7.09. The van der Waals surface area contributed by atoms with Crippen molar-refractivity contribution in [2.75, 3.05) is 18.0 Å². The molecular weight excluding hydrogens is 260 g/mol. The molecule has 5 N–H and O–H groups in total. The number of amides is 1. The van der Waals surface area contributed by atoms with Crippen LogP contribution in [0.1, 0.15) is 28.2 Å². The van der Waals surface area contributed by atoms with E-state index < -0.39 is 0 Å². The van der Waals surface area contributed by atoms with Gasteiger partial charge in [-0.05, 0) is 18.2 Å². The Morgan fingerprint density at radius 3 is 2.89 bits per heavy atom. The number of nitrogens with two attached hydrogens (primary N) is 2. The molecule has 5 nitrogen and oxygen atoms in total. The van der Waals surface area contributed by atoms with Crippen molar-refractivity contribution in [3.05, 3.63) is 40.3 Å². The number of rotatable bonds is 4. The number of anilines is 2. The fourth-order valence-electron chi connectivity index (χ4n) is 1.69. The fourth-order valence-corrected chi connectivity index (χ4v) is 2.39. The van der Waals surface area contributed by atoms with Gasteiger partial charge in [-0.2, -0.15) is 0 Å². The van der Waals surface area contributed by atoms with Gasteiger partial charge in [0.1, 0.15) is 0 Å². The number of carbonyl (C=O) groups is 1. The Morgan fingerprint density at radius 2 is 2.26 bits per heavy atom. The molecule has 0 fully saturated rings. The third-order valence-electron chi connectivity index (χ3n) is 2.76. The van der Waals surface area contributed by atoms with E-state index in [-0.39, 0.29) is 11.8 Å². The average molecular weight is 276 g/mol. The Labute approximate surface area is 115 Å². The Morgan fingerprint density at radius 1 is 1.47 bits per heavy atom. The predicted molar refractivity (Wildman–Crippen MR) is 78.1 cm³/mol. The number of hydrogen-bond donors (Lipinski definition) is 3. The lowest BCUT2D eigenvalue weighted by atomic mass is 10.1. The van der Waals surface area contributed by atoms with Gasteiger partial charge in [0.05, 0.1) is 10.6 Å². The van der Waals surface area contributed by atoms with Gasteiger partial charge < -0.3 is 16.8 Å². The van der Waals surface area contributed by atoms with E-state index in [1.807, 2.05) is 12.3 Å². The number of thiazole rings is 1. The molecule has 19 heavy (non-hydrogen) atoms. The first-order chi connectivity index (χ1) is 9.08. The maximum Gasteiger partial charge on any atom is 0.253 e. The molecular formula is C13H16N4OS. The van der Waals surface area contributed by atoms with Crippen molar-refractivity contribution in [2.45, 2.75) is 12.8 Å². The molecule has 1 heterocycles. The van der Waals surface area contributed by atoms with Crippen LogP contribution in [0.4, 0.5) is 11.4 Å². The lowest BCUT2D eigenvalue weighted by molar-refractivity contribution is 0.0952. The highest BCUT2D eigenvalue weighted by Gasteiger charge is 2.13. The van der Waals surface area contributed by atoms with E-state index >= 15 is 0 Å². The second-order valence-electron chi connectivity index (χ2n) is 4.33. The topological polar surface area (TPSA) is 94.0 Å². The number of nitrogens with zero attached hydrogens (tertiary/aromatic N) is 1. The van der Waals surface area contributed by atoms with Gasteiger partial charge in [-0.3, -0.25) is 4.79 Å². The summed E-state index contributed by atoms with van der Waals surface area (Å²) in [5, 5.41) is 5.78. The van der Waals surface area contributed by atoms with Crippen LogP contribution in [-0.4, -0.2) is 17.4 Å². The third-order valence-corrected chi connectivity index (χ3v) is 3.77. The first kappa shape index (κ1) is 13.4. The summed E-state index contributed by atoms with van der Waals surface area (Å²) in [7, 11) is 0. The number of nitrogens with one attached hydrogen (secondary N) is 1. The second-order valence-corrected chi connectivity index (χ2v) is 5.25. The van der Waals surface area contributed by atoms with Crippen LogP contribution in [0.2, 0.25) is 0 Å². The summed E-state index contributed by atoms with van der Waals surface area (Å²) in [6.45, 7) is 2.54. The summed E-state index contributed by atoms with van der Waals surface area (Å²) in [6, 6.07) is 4.88. The molecule has 1 aromatic carbocycles. The average Bonchev–Trinajstić information content (AvgIpc) is 2.89. The van der Waals surface area contributed by atoms with Crippen LogP contribution in [0.5, 0.6) is 0 Å². The zero-order valence-corrected chi connectivity index (χ0v) is 11.4. The van der Waals surface area contributed by atoms with Gasteiger partial charge >= 0.3 is 0 Å². The Hall–Kier alpha value is -2.08. The molecule has 0 aliphatic carbocycles. The van der Waals surface area contributed by atoms with Gasteiger partial charge in [0.15, 0.2) is 0 Å². The van der Waals surface area contributed by atoms with Crippen molar-refractivity contribution in [1.82, 2.24) is 10.3 Å². The molecule has 0 radical (unpaired) electrons. The third kappa shape index (κ3) is 3.23. The summed E-state index contributed by atoms with van der Waals surface area (Å²) < 4.78 is 0. The van der Waals surface area contributed by atoms with Crippen LogP contribution in [0.3, 0.4) is 0 Å². The van der Waals surface area contributed by atoms with Gasteiger partial charge in [0.2, 0.25) is 0 Å². The number of benzene rings is 1. The molecule has 1 aromatic heterocycles. The number of nitrogen functional groups attached to an aromatic ring is 2. The number of hydrogen-bond acceptors (Lipinski definition) is 5. The van der Waals surface area contributed by atoms with Crippen molar-refractivity contribution in [2.24, 2.45) is 0 Å². The van der Waals surface area contributed by atoms with E-state index in [0.717, 1.165) is 5.01 Å². The smallest absolute Gasteiger partial charge is 0.253 e. The Bertz CT molecular complexity index is 568. The van der Waals surface area contributed by atoms with Crippen LogP contribution in [0, 0.1) is 0 Å². The number of carbonyl (C=O) groups excluding carboxylic acids is 1. The monoisotopic (exact) mass is 276 g/mol. The molecule has 0 aliphatic rings. The Balaban J connectivity index is 1.98. The van der Waals surface area contributed by atoms with Gasteiger partial charge in [-0.25, -0.2) is 4.98 Å². The molecule has 0 aliphatic heterocycles. The summed E-state index contributed by atoms with van der Waals surface area (Å²) in [5.74, 6) is -0.0140. The second kappa shape index (κ2) is 5.71. The first-order valence-electron chi connectivity index (χ1n) is 5.90. The van der Waals surface area contributed by atoms with Crippen molar-refractivity contribution < 1.29 is 4.79 Å². The molecule has 0 bridgehead atoms. The van der Waals surface area contributed by atoms with Gasteiger partial charge in [-0.1, -0.05) is 6.92 Å². The minimum Gasteiger partial charge on any atom is -0.399 e. The zero-order valence-electron chi connectivity index (χ0n) is 10.6. The first-order valence-corrected chi connectivity index (χ1v) is 6.78. The molecule has 0 spiro atoms. The molecule has 0 saturated heterocycles. The summed E-state index contributed by atoms with van der Waals surface area (Å²) in [4.78, 5) is 16.2. The summed E-state index contributed by atoms with van der Waals surface area (Å²) >= 11 is 1.58. The standard InChI is InChI=1S/C13H16N4OS/c1-8(13-16-4-5-19-13)7-17-12(18)10-3-2-9(14)6-11(10)15/h2-6,8H,7,14-15H2,1H3,(H,17,18). The van der Waals surface area contributed by atoms with E-state index in [2.05, 4.69) is 10.3 Å². The molecule has 100 valence electrons. The minimum atomic E-state index is -0.194. The lowest BCUT2D eigenvalue weighted by Crippen LogP contribution is -2.28. The van der Waals surface area contributed by atoms with Crippen LogP contribution >= 0.6 is 11.3 Å². The molecule has 0 saturated carbocycles. The summed E-state index contributed by atoms with van der Waals surface area (Å²) in [6.07, 6.45) is 1.76. The zero-order chi connectivity index (χ0) is 13.8. The van der Waals surface area contributed by atoms with Crippen molar-refractivity contribution in [1.29, 1.82) is 0 Å².